The van der Waals surface area contributed by atoms with Crippen LogP contribution in [0.3, 0.4) is 0 Å². The average molecular weight is 370 g/mol. The standard InChI is InChI=1S/C16H18O6S2/c1-11(17)21-15(19)9-23-7-13-3-5-14(6-4-13)8-24-10-16(20)22-12(2)18/h3-6H,7-10H2,1-2H3. The summed E-state index contributed by atoms with van der Waals surface area (Å²) in [7, 11) is 0. The van der Waals surface area contributed by atoms with E-state index in [0.29, 0.717) is 11.5 Å². The average Bonchev–Trinajstić information content (AvgIpc) is 2.47. The zero-order chi connectivity index (χ0) is 17.9. The molecule has 0 heterocycles. The van der Waals surface area contributed by atoms with Crippen molar-refractivity contribution < 1.29 is 28.7 Å². The molecule has 1 rings (SSSR count). The molecule has 0 aliphatic carbocycles. The van der Waals surface area contributed by atoms with E-state index in [-0.39, 0.29) is 11.5 Å². The number of carbonyl (C=O) groups excluding carboxylic acids is 4. The highest BCUT2D eigenvalue weighted by atomic mass is 32.2. The first-order valence-electron chi connectivity index (χ1n) is 7.02. The second-order valence-electron chi connectivity index (χ2n) is 4.73. The van der Waals surface area contributed by atoms with Crippen LogP contribution in [-0.2, 0) is 40.2 Å². The van der Waals surface area contributed by atoms with Gasteiger partial charge in [0.15, 0.2) is 0 Å². The fourth-order valence-corrected chi connectivity index (χ4v) is 3.13. The first kappa shape index (κ1) is 20.2. The molecule has 0 bridgehead atoms. The van der Waals surface area contributed by atoms with E-state index in [1.165, 1.54) is 37.4 Å². The van der Waals surface area contributed by atoms with Crippen molar-refractivity contribution >= 4 is 47.4 Å². The third-order valence-electron chi connectivity index (χ3n) is 2.52. The van der Waals surface area contributed by atoms with Gasteiger partial charge in [0.2, 0.25) is 0 Å². The van der Waals surface area contributed by atoms with Crippen molar-refractivity contribution in [3.63, 3.8) is 0 Å². The highest BCUT2D eigenvalue weighted by molar-refractivity contribution is 7.99. The van der Waals surface area contributed by atoms with Crippen LogP contribution >= 0.6 is 23.5 Å². The first-order valence-corrected chi connectivity index (χ1v) is 9.33. The van der Waals surface area contributed by atoms with E-state index in [0.717, 1.165) is 11.1 Å². The Kier molecular flexibility index (Phi) is 9.18. The Morgan fingerprint density at radius 1 is 0.750 bits per heavy atom. The molecular weight excluding hydrogens is 352 g/mol. The maximum Gasteiger partial charge on any atom is 0.323 e. The number of hydrogen-bond acceptors (Lipinski definition) is 8. The lowest BCUT2D eigenvalue weighted by atomic mass is 10.2. The van der Waals surface area contributed by atoms with Crippen molar-refractivity contribution in [2.24, 2.45) is 0 Å². The maximum absolute atomic E-state index is 11.2. The van der Waals surface area contributed by atoms with Gasteiger partial charge < -0.3 is 9.47 Å². The molecule has 0 fully saturated rings. The Morgan fingerprint density at radius 3 is 1.38 bits per heavy atom. The molecule has 130 valence electrons. The minimum Gasteiger partial charge on any atom is -0.393 e. The van der Waals surface area contributed by atoms with Crippen LogP contribution in [0.15, 0.2) is 24.3 Å². The molecule has 0 N–H and O–H groups in total. The van der Waals surface area contributed by atoms with Crippen LogP contribution in [0.4, 0.5) is 0 Å². The molecular formula is C16H18O6S2. The molecule has 8 heteroatoms. The van der Waals surface area contributed by atoms with Gasteiger partial charge in [-0.05, 0) is 11.1 Å². The zero-order valence-electron chi connectivity index (χ0n) is 13.4. The highest BCUT2D eigenvalue weighted by Crippen LogP contribution is 2.17. The Morgan fingerprint density at radius 2 is 1.08 bits per heavy atom. The van der Waals surface area contributed by atoms with Crippen molar-refractivity contribution in [1.29, 1.82) is 0 Å². The van der Waals surface area contributed by atoms with Gasteiger partial charge in [0.1, 0.15) is 0 Å². The summed E-state index contributed by atoms with van der Waals surface area (Å²) in [5, 5.41) is 0. The number of hydrogen-bond donors (Lipinski definition) is 0. The molecule has 0 atom stereocenters. The van der Waals surface area contributed by atoms with Gasteiger partial charge in [-0.2, -0.15) is 0 Å². The van der Waals surface area contributed by atoms with E-state index >= 15 is 0 Å². The number of ether oxygens (including phenoxy) is 2. The summed E-state index contributed by atoms with van der Waals surface area (Å²) in [6.07, 6.45) is 0. The van der Waals surface area contributed by atoms with Crippen LogP contribution < -0.4 is 0 Å². The van der Waals surface area contributed by atoms with Gasteiger partial charge in [0.25, 0.3) is 0 Å². The van der Waals surface area contributed by atoms with E-state index in [2.05, 4.69) is 9.47 Å². The lowest BCUT2D eigenvalue weighted by Crippen LogP contribution is -2.11. The topological polar surface area (TPSA) is 86.7 Å². The number of benzene rings is 1. The van der Waals surface area contributed by atoms with E-state index in [4.69, 9.17) is 0 Å². The quantitative estimate of drug-likeness (QED) is 0.509. The summed E-state index contributed by atoms with van der Waals surface area (Å²) in [5.74, 6) is -0.790. The van der Waals surface area contributed by atoms with Crippen LogP contribution in [0.25, 0.3) is 0 Å². The van der Waals surface area contributed by atoms with Gasteiger partial charge in [-0.15, -0.1) is 23.5 Å². The van der Waals surface area contributed by atoms with Gasteiger partial charge in [0.05, 0.1) is 11.5 Å². The number of rotatable bonds is 8. The van der Waals surface area contributed by atoms with Crippen LogP contribution in [0.2, 0.25) is 0 Å². The first-order chi connectivity index (χ1) is 11.4. The minimum atomic E-state index is -0.602. The smallest absolute Gasteiger partial charge is 0.323 e. The van der Waals surface area contributed by atoms with E-state index in [1.807, 2.05) is 24.3 Å². The van der Waals surface area contributed by atoms with Crippen molar-refractivity contribution in [3.8, 4) is 0 Å². The van der Waals surface area contributed by atoms with Crippen molar-refractivity contribution in [1.82, 2.24) is 0 Å². The molecule has 0 aliphatic rings. The predicted molar refractivity (Wildman–Crippen MR) is 92.3 cm³/mol. The van der Waals surface area contributed by atoms with Crippen LogP contribution in [0, 0.1) is 0 Å². The number of carbonyl (C=O) groups is 4. The van der Waals surface area contributed by atoms with Crippen molar-refractivity contribution in [2.75, 3.05) is 11.5 Å². The normalized spacial score (nSPS) is 10.1. The van der Waals surface area contributed by atoms with Crippen molar-refractivity contribution in [2.45, 2.75) is 25.4 Å². The zero-order valence-corrected chi connectivity index (χ0v) is 15.0. The summed E-state index contributed by atoms with van der Waals surface area (Å²) in [6, 6.07) is 7.75. The highest BCUT2D eigenvalue weighted by Gasteiger charge is 2.07. The maximum atomic E-state index is 11.2. The van der Waals surface area contributed by atoms with Gasteiger partial charge >= 0.3 is 23.9 Å². The molecule has 6 nitrogen and oxygen atoms in total. The Bertz CT molecular complexity index is 544. The molecule has 0 aromatic heterocycles. The van der Waals surface area contributed by atoms with E-state index in [1.54, 1.807) is 0 Å². The van der Waals surface area contributed by atoms with Gasteiger partial charge in [-0.25, -0.2) is 0 Å². The summed E-state index contributed by atoms with van der Waals surface area (Å²) in [6.45, 7) is 2.39. The SMILES string of the molecule is CC(=O)OC(=O)CSCc1ccc(CSCC(=O)OC(C)=O)cc1. The summed E-state index contributed by atoms with van der Waals surface area (Å²) in [5.41, 5.74) is 2.08. The van der Waals surface area contributed by atoms with Crippen molar-refractivity contribution in [3.05, 3.63) is 35.4 Å². The lowest BCUT2D eigenvalue weighted by molar-refractivity contribution is -0.157. The molecule has 0 unspecified atom stereocenters. The Balaban J connectivity index is 2.28. The van der Waals surface area contributed by atoms with Gasteiger partial charge in [-0.3, -0.25) is 19.2 Å². The lowest BCUT2D eigenvalue weighted by Gasteiger charge is -2.04. The van der Waals surface area contributed by atoms with Gasteiger partial charge in [0, 0.05) is 25.4 Å². The third-order valence-corrected chi connectivity index (χ3v) is 4.47. The number of esters is 4. The molecule has 0 radical (unpaired) electrons. The summed E-state index contributed by atoms with van der Waals surface area (Å²) >= 11 is 2.73. The van der Waals surface area contributed by atoms with Gasteiger partial charge in [-0.1, -0.05) is 24.3 Å². The number of thioether (sulfide) groups is 2. The van der Waals surface area contributed by atoms with Crippen LogP contribution in [0.5, 0.6) is 0 Å². The Hall–Kier alpha value is -1.80. The monoisotopic (exact) mass is 370 g/mol. The van der Waals surface area contributed by atoms with Crippen LogP contribution in [-0.4, -0.2) is 35.4 Å². The molecule has 0 spiro atoms. The molecule has 0 amide bonds. The molecule has 1 aromatic carbocycles. The second-order valence-corrected chi connectivity index (χ2v) is 6.70. The largest absolute Gasteiger partial charge is 0.393 e. The van der Waals surface area contributed by atoms with E-state index in [9.17, 15) is 19.2 Å². The summed E-state index contributed by atoms with van der Waals surface area (Å²) in [4.78, 5) is 43.6. The third kappa shape index (κ3) is 9.36. The molecule has 0 saturated carbocycles. The molecule has 24 heavy (non-hydrogen) atoms. The summed E-state index contributed by atoms with van der Waals surface area (Å²) < 4.78 is 8.87. The van der Waals surface area contributed by atoms with Crippen LogP contribution in [0.1, 0.15) is 25.0 Å². The fraction of sp³-hybridized carbons (Fsp3) is 0.375. The molecule has 1 aromatic rings. The van der Waals surface area contributed by atoms with E-state index < -0.39 is 23.9 Å². The molecule has 0 saturated heterocycles. The Labute approximate surface area is 148 Å². The fourth-order valence-electron chi connectivity index (χ4n) is 1.62. The molecule has 0 aliphatic heterocycles. The minimum absolute atomic E-state index is 0.120. The second kappa shape index (κ2) is 10.9. The predicted octanol–water partition coefficient (Wildman–Crippen LogP) is 2.33.